The molecule has 1 amide bonds. The maximum atomic E-state index is 15.1. The van der Waals surface area contributed by atoms with E-state index in [1.165, 1.54) is 28.8 Å². The van der Waals surface area contributed by atoms with Crippen molar-refractivity contribution >= 4 is 56.8 Å². The first-order valence-electron chi connectivity index (χ1n) is 8.88. The summed E-state index contributed by atoms with van der Waals surface area (Å²) in [6.45, 7) is 0.0665. The number of hydrogen-bond acceptors (Lipinski definition) is 3. The highest BCUT2D eigenvalue weighted by Gasteiger charge is 2.52. The second-order valence-electron chi connectivity index (χ2n) is 6.84. The number of carbonyl (C=O) groups excluding carboxylic acids is 1. The Bertz CT molecular complexity index is 1160. The third-order valence-corrected chi connectivity index (χ3v) is 6.86. The third kappa shape index (κ3) is 3.55. The quantitative estimate of drug-likeness (QED) is 0.396. The van der Waals surface area contributed by atoms with Crippen molar-refractivity contribution in [3.05, 3.63) is 97.2 Å². The first-order chi connectivity index (χ1) is 14.3. The summed E-state index contributed by atoms with van der Waals surface area (Å²) in [7, 11) is 0. The molecule has 1 unspecified atom stereocenters. The van der Waals surface area contributed by atoms with E-state index in [4.69, 9.17) is 23.2 Å². The van der Waals surface area contributed by atoms with Gasteiger partial charge in [0.05, 0.1) is 17.7 Å². The molecule has 0 spiro atoms. The molecule has 3 nitrogen and oxygen atoms in total. The fourth-order valence-electron chi connectivity index (χ4n) is 3.71. The molecule has 0 saturated carbocycles. The Kier molecular flexibility index (Phi) is 5.90. The lowest BCUT2D eigenvalue weighted by Gasteiger charge is -2.35. The van der Waals surface area contributed by atoms with Crippen LogP contribution in [0.3, 0.4) is 0 Å². The van der Waals surface area contributed by atoms with E-state index in [0.717, 1.165) is 10.5 Å². The van der Waals surface area contributed by atoms with Crippen molar-refractivity contribution in [3.8, 4) is 0 Å². The molecule has 1 N–H and O–H groups in total. The van der Waals surface area contributed by atoms with Gasteiger partial charge < -0.3 is 5.11 Å². The van der Waals surface area contributed by atoms with Gasteiger partial charge in [0.2, 0.25) is 0 Å². The molecule has 0 saturated heterocycles. The van der Waals surface area contributed by atoms with Gasteiger partial charge in [0.25, 0.3) is 5.91 Å². The van der Waals surface area contributed by atoms with Gasteiger partial charge in [-0.3, -0.25) is 9.69 Å². The molecule has 0 aromatic heterocycles. The van der Waals surface area contributed by atoms with Gasteiger partial charge in [-0.1, -0.05) is 57.3 Å². The molecule has 3 aromatic carbocycles. The van der Waals surface area contributed by atoms with Gasteiger partial charge in [-0.05, 0) is 48.2 Å². The van der Waals surface area contributed by atoms with Gasteiger partial charge >= 0.3 is 0 Å². The lowest BCUT2D eigenvalue weighted by Crippen LogP contribution is -2.44. The smallest absolute Gasteiger partial charge is 0.257 e. The van der Waals surface area contributed by atoms with Crippen LogP contribution in [0.25, 0.3) is 0 Å². The molecule has 3 aromatic rings. The van der Waals surface area contributed by atoms with Crippen LogP contribution in [0.15, 0.2) is 64.0 Å². The molecule has 1 atom stereocenters. The van der Waals surface area contributed by atoms with E-state index >= 15 is 4.39 Å². The summed E-state index contributed by atoms with van der Waals surface area (Å²) in [6.07, 6.45) is 1.90. The number of thioether (sulfide) groups is 1. The predicted octanol–water partition coefficient (Wildman–Crippen LogP) is 6.47. The van der Waals surface area contributed by atoms with Crippen LogP contribution >= 0.6 is 50.9 Å². The van der Waals surface area contributed by atoms with Crippen LogP contribution in [-0.2, 0) is 12.3 Å². The highest BCUT2D eigenvalue weighted by atomic mass is 79.9. The Morgan fingerprint density at radius 1 is 1.10 bits per heavy atom. The summed E-state index contributed by atoms with van der Waals surface area (Å²) in [5.74, 6) is -1.14. The minimum atomic E-state index is -1.99. The fourth-order valence-corrected chi connectivity index (χ4v) is 5.14. The van der Waals surface area contributed by atoms with Gasteiger partial charge in [-0.25, -0.2) is 4.39 Å². The summed E-state index contributed by atoms with van der Waals surface area (Å²) in [5.41, 5.74) is -0.812. The van der Waals surface area contributed by atoms with Crippen molar-refractivity contribution in [1.82, 2.24) is 4.90 Å². The molecule has 1 aliphatic heterocycles. The largest absolute Gasteiger partial charge is 0.363 e. The Morgan fingerprint density at radius 2 is 1.77 bits per heavy atom. The number of benzene rings is 3. The molecule has 1 aliphatic rings. The monoisotopic (exact) mass is 525 g/mol. The molecule has 0 aliphatic carbocycles. The summed E-state index contributed by atoms with van der Waals surface area (Å²) >= 11 is 16.8. The number of fused-ring (bicyclic) bond motifs is 1. The zero-order valence-corrected chi connectivity index (χ0v) is 19.5. The summed E-state index contributed by atoms with van der Waals surface area (Å²) < 4.78 is 15.5. The SMILES string of the molecule is CSc1cc(Cl)ccc1CN1C(=O)c2cc(Br)cc(F)c2C1(O)c1ccc(Cl)cc1. The van der Waals surface area contributed by atoms with Crippen molar-refractivity contribution in [2.24, 2.45) is 0 Å². The number of aliphatic hydroxyl groups is 1. The van der Waals surface area contributed by atoms with Crippen LogP contribution in [0.1, 0.15) is 27.0 Å². The Hall–Kier alpha value is -1.57. The van der Waals surface area contributed by atoms with Crippen molar-refractivity contribution in [2.75, 3.05) is 6.26 Å². The molecule has 30 heavy (non-hydrogen) atoms. The number of amides is 1. The van der Waals surface area contributed by atoms with E-state index in [2.05, 4.69) is 15.9 Å². The number of nitrogens with zero attached hydrogens (tertiary/aromatic N) is 1. The third-order valence-electron chi connectivity index (χ3n) is 5.09. The van der Waals surface area contributed by atoms with E-state index in [1.54, 1.807) is 42.5 Å². The lowest BCUT2D eigenvalue weighted by atomic mass is 9.93. The molecule has 0 fully saturated rings. The van der Waals surface area contributed by atoms with Crippen molar-refractivity contribution in [2.45, 2.75) is 17.2 Å². The number of hydrogen-bond donors (Lipinski definition) is 1. The number of carbonyl (C=O) groups is 1. The van der Waals surface area contributed by atoms with Crippen LogP contribution < -0.4 is 0 Å². The first-order valence-corrected chi connectivity index (χ1v) is 11.7. The second-order valence-corrected chi connectivity index (χ2v) is 9.47. The zero-order valence-electron chi connectivity index (χ0n) is 15.6. The van der Waals surface area contributed by atoms with Gasteiger partial charge in [-0.15, -0.1) is 11.8 Å². The molecular formula is C22H15BrCl2FNO2S. The summed E-state index contributed by atoms with van der Waals surface area (Å²) in [5, 5.41) is 12.9. The van der Waals surface area contributed by atoms with Gasteiger partial charge in [0.1, 0.15) is 5.82 Å². The normalized spacial score (nSPS) is 18.1. The fraction of sp³-hybridized carbons (Fsp3) is 0.136. The van der Waals surface area contributed by atoms with Crippen molar-refractivity contribution < 1.29 is 14.3 Å². The van der Waals surface area contributed by atoms with Gasteiger partial charge in [0, 0.05) is 25.0 Å². The van der Waals surface area contributed by atoms with Gasteiger partial charge in [-0.2, -0.15) is 0 Å². The van der Waals surface area contributed by atoms with Crippen LogP contribution in [0.5, 0.6) is 0 Å². The van der Waals surface area contributed by atoms with Crippen LogP contribution in [0, 0.1) is 5.82 Å². The van der Waals surface area contributed by atoms with Crippen molar-refractivity contribution in [3.63, 3.8) is 0 Å². The lowest BCUT2D eigenvalue weighted by molar-refractivity contribution is -0.0565. The average molecular weight is 527 g/mol. The average Bonchev–Trinajstić information content (AvgIpc) is 2.92. The molecular weight excluding hydrogens is 512 g/mol. The highest BCUT2D eigenvalue weighted by molar-refractivity contribution is 9.10. The topological polar surface area (TPSA) is 40.5 Å². The standard InChI is InChI=1S/C22H15BrCl2FNO2S/c1-30-19-10-16(25)5-2-12(19)11-27-21(28)17-8-14(23)9-18(26)20(17)22(27,29)13-3-6-15(24)7-4-13/h2-10,29H,11H2,1H3. The maximum absolute atomic E-state index is 15.1. The van der Waals surface area contributed by atoms with Gasteiger partial charge in [0.15, 0.2) is 5.72 Å². The van der Waals surface area contributed by atoms with E-state index in [-0.39, 0.29) is 17.7 Å². The predicted molar refractivity (Wildman–Crippen MR) is 122 cm³/mol. The Labute approximate surface area is 195 Å². The van der Waals surface area contributed by atoms with E-state index in [9.17, 15) is 9.90 Å². The molecule has 0 bridgehead atoms. The zero-order chi connectivity index (χ0) is 21.6. The molecule has 0 radical (unpaired) electrons. The highest BCUT2D eigenvalue weighted by Crippen LogP contribution is 2.46. The maximum Gasteiger partial charge on any atom is 0.257 e. The Balaban J connectivity index is 1.91. The van der Waals surface area contributed by atoms with E-state index < -0.39 is 17.4 Å². The first kappa shape index (κ1) is 21.7. The van der Waals surface area contributed by atoms with E-state index in [0.29, 0.717) is 20.1 Å². The Morgan fingerprint density at radius 3 is 2.43 bits per heavy atom. The minimum absolute atomic E-state index is 0.0665. The summed E-state index contributed by atoms with van der Waals surface area (Å²) in [6, 6.07) is 14.5. The molecule has 4 rings (SSSR count). The molecule has 8 heteroatoms. The second kappa shape index (κ2) is 8.17. The van der Waals surface area contributed by atoms with Crippen LogP contribution in [0.4, 0.5) is 4.39 Å². The number of rotatable bonds is 4. The van der Waals surface area contributed by atoms with Crippen LogP contribution in [-0.4, -0.2) is 22.2 Å². The molecule has 154 valence electrons. The minimum Gasteiger partial charge on any atom is -0.363 e. The number of halogens is 4. The van der Waals surface area contributed by atoms with E-state index in [1.807, 2.05) is 6.26 Å². The van der Waals surface area contributed by atoms with Crippen molar-refractivity contribution in [1.29, 1.82) is 0 Å². The molecule has 1 heterocycles. The summed E-state index contributed by atoms with van der Waals surface area (Å²) in [4.78, 5) is 15.5. The van der Waals surface area contributed by atoms with Crippen LogP contribution in [0.2, 0.25) is 10.0 Å².